The summed E-state index contributed by atoms with van der Waals surface area (Å²) >= 11 is 0. The number of hydrogen-bond acceptors (Lipinski definition) is 2. The minimum absolute atomic E-state index is 0.750. The Morgan fingerprint density at radius 2 is 1.59 bits per heavy atom. The number of anilines is 1. The van der Waals surface area contributed by atoms with E-state index in [0.29, 0.717) is 0 Å². The van der Waals surface area contributed by atoms with Gasteiger partial charge in [-0.15, -0.1) is 0 Å². The van der Waals surface area contributed by atoms with Crippen molar-refractivity contribution in [3.05, 3.63) is 71.6 Å². The summed E-state index contributed by atoms with van der Waals surface area (Å²) in [4.78, 5) is 2.36. The smallest absolute Gasteiger partial charge is 0.203 e. The summed E-state index contributed by atoms with van der Waals surface area (Å²) in [5.41, 5.74) is 11.2. The molecular formula is C28H35N3O+2. The SMILES string of the molecule is CCN(CC)c1ccc2c(-c3ccccc3C[NH3+])c3ccc(=[N+](CC)CC)cc-3oc2c1. The van der Waals surface area contributed by atoms with Crippen LogP contribution in [-0.2, 0) is 6.54 Å². The quantitative estimate of drug-likeness (QED) is 0.345. The van der Waals surface area contributed by atoms with Gasteiger partial charge in [0.15, 0.2) is 0 Å². The molecule has 0 saturated carbocycles. The van der Waals surface area contributed by atoms with Crippen LogP contribution in [-0.4, -0.2) is 26.2 Å². The van der Waals surface area contributed by atoms with Gasteiger partial charge in [0, 0.05) is 53.0 Å². The average molecular weight is 430 g/mol. The highest BCUT2D eigenvalue weighted by Gasteiger charge is 2.20. The van der Waals surface area contributed by atoms with Gasteiger partial charge in [0.05, 0.1) is 6.07 Å². The minimum atomic E-state index is 0.750. The monoisotopic (exact) mass is 429 g/mol. The lowest BCUT2D eigenvalue weighted by Crippen LogP contribution is -2.47. The molecule has 4 rings (SSSR count). The Bertz CT molecular complexity index is 1260. The molecule has 0 spiro atoms. The third-order valence-electron chi connectivity index (χ3n) is 6.50. The molecule has 4 nitrogen and oxygen atoms in total. The van der Waals surface area contributed by atoms with E-state index >= 15 is 0 Å². The molecule has 0 unspecified atom stereocenters. The van der Waals surface area contributed by atoms with Crippen molar-refractivity contribution in [2.75, 3.05) is 31.1 Å². The lowest BCUT2D eigenvalue weighted by molar-refractivity contribution is -0.386. The van der Waals surface area contributed by atoms with Crippen molar-refractivity contribution in [1.82, 2.24) is 4.58 Å². The Balaban J connectivity index is 2.11. The number of quaternary nitrogens is 1. The Labute approximate surface area is 191 Å². The topological polar surface area (TPSA) is 47.0 Å². The number of rotatable bonds is 7. The zero-order chi connectivity index (χ0) is 22.7. The maximum absolute atomic E-state index is 6.57. The first-order chi connectivity index (χ1) is 15.6. The molecule has 2 aliphatic rings. The van der Waals surface area contributed by atoms with E-state index in [0.717, 1.165) is 55.0 Å². The van der Waals surface area contributed by atoms with Gasteiger partial charge in [-0.05, 0) is 51.5 Å². The first kappa shape index (κ1) is 22.1. The molecule has 4 heteroatoms. The predicted octanol–water partition coefficient (Wildman–Crippen LogP) is 4.60. The Hall–Kier alpha value is -3.11. The van der Waals surface area contributed by atoms with Gasteiger partial charge >= 0.3 is 0 Å². The van der Waals surface area contributed by atoms with Crippen molar-refractivity contribution in [2.24, 2.45) is 0 Å². The van der Waals surface area contributed by atoms with Crippen LogP contribution < -0.4 is 20.6 Å². The first-order valence-electron chi connectivity index (χ1n) is 11.9. The van der Waals surface area contributed by atoms with Gasteiger partial charge in [-0.3, -0.25) is 0 Å². The van der Waals surface area contributed by atoms with E-state index in [2.05, 4.69) is 104 Å². The highest BCUT2D eigenvalue weighted by atomic mass is 16.3. The maximum atomic E-state index is 6.57. The first-order valence-corrected chi connectivity index (χ1v) is 11.9. The third-order valence-corrected chi connectivity index (χ3v) is 6.50. The van der Waals surface area contributed by atoms with Crippen molar-refractivity contribution >= 4 is 16.7 Å². The molecule has 0 bridgehead atoms. The second kappa shape index (κ2) is 9.58. The van der Waals surface area contributed by atoms with Crippen LogP contribution >= 0.6 is 0 Å². The van der Waals surface area contributed by atoms with Gasteiger partial charge in [-0.2, -0.15) is 0 Å². The Morgan fingerprint density at radius 3 is 2.28 bits per heavy atom. The van der Waals surface area contributed by atoms with Gasteiger partial charge in [0.2, 0.25) is 5.36 Å². The molecule has 3 N–H and O–H groups in total. The fourth-order valence-corrected chi connectivity index (χ4v) is 4.71. The number of benzene rings is 3. The summed E-state index contributed by atoms with van der Waals surface area (Å²) in [7, 11) is 0. The molecule has 166 valence electrons. The predicted molar refractivity (Wildman–Crippen MR) is 135 cm³/mol. The standard InChI is InChI=1S/C28H34N3O/c1-5-30(6-2)21-13-15-24-26(17-21)32-27-18-22(31(7-3)8-4)14-16-25(27)28(24)23-12-10-9-11-20(23)19-29/h9-18H,5-8,19,29H2,1-4H3/q+1/p+1. The lowest BCUT2D eigenvalue weighted by atomic mass is 9.90. The largest absolute Gasteiger partial charge is 0.456 e. The Morgan fingerprint density at radius 1 is 0.844 bits per heavy atom. The molecule has 32 heavy (non-hydrogen) atoms. The molecule has 0 fully saturated rings. The summed E-state index contributed by atoms with van der Waals surface area (Å²) in [6.07, 6.45) is 0. The van der Waals surface area contributed by atoms with E-state index in [1.807, 2.05) is 0 Å². The van der Waals surface area contributed by atoms with Crippen molar-refractivity contribution in [1.29, 1.82) is 0 Å². The van der Waals surface area contributed by atoms with Crippen LogP contribution in [0.25, 0.3) is 33.4 Å². The van der Waals surface area contributed by atoms with Gasteiger partial charge in [0.1, 0.15) is 31.0 Å². The maximum Gasteiger partial charge on any atom is 0.203 e. The minimum Gasteiger partial charge on any atom is -0.456 e. The summed E-state index contributed by atoms with van der Waals surface area (Å²) in [6, 6.07) is 21.9. The third kappa shape index (κ3) is 3.91. The zero-order valence-electron chi connectivity index (χ0n) is 19.8. The molecule has 0 atom stereocenters. The molecule has 0 radical (unpaired) electrons. The van der Waals surface area contributed by atoms with Crippen LogP contribution in [0.1, 0.15) is 33.3 Å². The normalized spacial score (nSPS) is 11.3. The number of hydrogen-bond donors (Lipinski definition) is 1. The van der Waals surface area contributed by atoms with E-state index < -0.39 is 0 Å². The molecule has 1 aliphatic carbocycles. The van der Waals surface area contributed by atoms with E-state index in [4.69, 9.17) is 4.42 Å². The fraction of sp³-hybridized carbons (Fsp3) is 0.321. The molecule has 0 saturated heterocycles. The molecule has 2 aromatic rings. The molecular weight excluding hydrogens is 394 g/mol. The van der Waals surface area contributed by atoms with Crippen molar-refractivity contribution < 1.29 is 10.2 Å². The van der Waals surface area contributed by atoms with Crippen molar-refractivity contribution in [2.45, 2.75) is 34.2 Å². The van der Waals surface area contributed by atoms with E-state index in [9.17, 15) is 0 Å². The van der Waals surface area contributed by atoms with Gasteiger partial charge in [-0.1, -0.05) is 24.3 Å². The average Bonchev–Trinajstić information content (AvgIpc) is 2.84. The van der Waals surface area contributed by atoms with E-state index in [1.54, 1.807) is 0 Å². The second-order valence-electron chi connectivity index (χ2n) is 8.09. The van der Waals surface area contributed by atoms with Crippen LogP contribution in [0.5, 0.6) is 0 Å². The van der Waals surface area contributed by atoms with Crippen molar-refractivity contribution in [3.8, 4) is 22.5 Å². The van der Waals surface area contributed by atoms with E-state index in [-0.39, 0.29) is 0 Å². The van der Waals surface area contributed by atoms with Gasteiger partial charge in [-0.25, -0.2) is 4.58 Å². The number of nitrogens with zero attached hydrogens (tertiary/aromatic N) is 2. The highest BCUT2D eigenvalue weighted by Crippen LogP contribution is 2.41. The van der Waals surface area contributed by atoms with Crippen LogP contribution in [0.15, 0.2) is 65.1 Å². The van der Waals surface area contributed by atoms with Gasteiger partial charge in [0.25, 0.3) is 0 Å². The molecule has 0 amide bonds. The Kier molecular flexibility index (Phi) is 6.61. The van der Waals surface area contributed by atoms with Crippen LogP contribution in [0.4, 0.5) is 5.69 Å². The summed E-state index contributed by atoms with van der Waals surface area (Å²) in [5, 5.41) is 2.34. The fourth-order valence-electron chi connectivity index (χ4n) is 4.71. The molecule has 0 aromatic heterocycles. The highest BCUT2D eigenvalue weighted by molar-refractivity contribution is 6.03. The van der Waals surface area contributed by atoms with Crippen molar-refractivity contribution in [3.63, 3.8) is 0 Å². The summed E-state index contributed by atoms with van der Waals surface area (Å²) < 4.78 is 8.93. The molecule has 1 heterocycles. The molecule has 2 aromatic carbocycles. The van der Waals surface area contributed by atoms with Crippen LogP contribution in [0.2, 0.25) is 0 Å². The second-order valence-corrected chi connectivity index (χ2v) is 8.09. The summed E-state index contributed by atoms with van der Waals surface area (Å²) in [5.74, 6) is 0.924. The molecule has 1 aliphatic heterocycles. The van der Waals surface area contributed by atoms with Gasteiger partial charge < -0.3 is 15.1 Å². The van der Waals surface area contributed by atoms with E-state index in [1.165, 1.54) is 27.7 Å². The van der Waals surface area contributed by atoms with Crippen LogP contribution in [0.3, 0.4) is 0 Å². The summed E-state index contributed by atoms with van der Waals surface area (Å²) in [6.45, 7) is 13.4. The van der Waals surface area contributed by atoms with Crippen LogP contribution in [0, 0.1) is 0 Å². The lowest BCUT2D eigenvalue weighted by Gasteiger charge is -2.22. The zero-order valence-corrected chi connectivity index (χ0v) is 19.8. The number of fused-ring (bicyclic) bond motifs is 2.